The number of aromatic amines is 2. The minimum absolute atomic E-state index is 0.0842. The second-order valence-corrected chi connectivity index (χ2v) is 7.78. The highest BCUT2D eigenvalue weighted by Gasteiger charge is 2.30. The molecule has 1 amide bonds. The Morgan fingerprint density at radius 1 is 1.03 bits per heavy atom. The van der Waals surface area contributed by atoms with E-state index in [9.17, 15) is 18.0 Å². The maximum atomic E-state index is 13.0. The predicted octanol–water partition coefficient (Wildman–Crippen LogP) is 5.78. The SMILES string of the molecule is Cc1ccc(C(=O)Nc2cccc(C(F)(F)F)c2)cc1-c1ccc2[nH]c3nc[nH+]cc3c2c1. The van der Waals surface area contributed by atoms with Crippen LogP contribution in [0.2, 0.25) is 0 Å². The van der Waals surface area contributed by atoms with Crippen molar-refractivity contribution < 1.29 is 22.9 Å². The molecule has 3 aromatic carbocycles. The van der Waals surface area contributed by atoms with Crippen LogP contribution in [0.3, 0.4) is 0 Å². The average Bonchev–Trinajstić information content (AvgIpc) is 3.17. The Labute approximate surface area is 186 Å². The molecule has 2 aromatic heterocycles. The molecule has 0 saturated carbocycles. The molecule has 0 radical (unpaired) electrons. The van der Waals surface area contributed by atoms with Gasteiger partial charge in [-0.25, -0.2) is 4.98 Å². The van der Waals surface area contributed by atoms with Gasteiger partial charge in [-0.15, -0.1) is 0 Å². The molecule has 8 heteroatoms. The molecule has 0 unspecified atom stereocenters. The molecule has 5 nitrogen and oxygen atoms in total. The van der Waals surface area contributed by atoms with Crippen LogP contribution in [0.5, 0.6) is 0 Å². The summed E-state index contributed by atoms with van der Waals surface area (Å²) < 4.78 is 38.9. The molecule has 0 atom stereocenters. The molecule has 0 bridgehead atoms. The molecule has 0 spiro atoms. The molecule has 0 saturated heterocycles. The number of hydrogen-bond donors (Lipinski definition) is 2. The third-order valence-electron chi connectivity index (χ3n) is 5.57. The van der Waals surface area contributed by atoms with Crippen molar-refractivity contribution in [1.29, 1.82) is 0 Å². The number of aromatic nitrogens is 3. The molecule has 164 valence electrons. The number of rotatable bonds is 3. The normalized spacial score (nSPS) is 11.8. The van der Waals surface area contributed by atoms with Gasteiger partial charge in [0.25, 0.3) is 17.9 Å². The topological polar surface area (TPSA) is 71.9 Å². The van der Waals surface area contributed by atoms with Crippen LogP contribution in [-0.2, 0) is 6.18 Å². The lowest BCUT2D eigenvalue weighted by Crippen LogP contribution is -2.13. The highest BCUT2D eigenvalue weighted by atomic mass is 19.4. The number of anilines is 1. The fraction of sp³-hybridized carbons (Fsp3) is 0.0800. The lowest BCUT2D eigenvalue weighted by molar-refractivity contribution is -0.380. The summed E-state index contributed by atoms with van der Waals surface area (Å²) in [7, 11) is 0. The standard InChI is InChI=1S/C25H17F3N4O/c1-14-5-6-16(24(33)31-18-4-2-3-17(11-18)25(26,27)28)10-19(14)15-7-8-22-20(9-15)21-12-29-13-30-23(21)32-22/h2-13H,1H3,(H,31,33)(H,29,30,32)/p+1. The number of alkyl halides is 3. The molecular formula is C25H18F3N4O+. The number of nitrogens with zero attached hydrogens (tertiary/aromatic N) is 1. The van der Waals surface area contributed by atoms with Gasteiger partial charge in [0.2, 0.25) is 0 Å². The molecule has 5 aromatic rings. The highest BCUT2D eigenvalue weighted by molar-refractivity contribution is 6.07. The second kappa shape index (κ2) is 7.74. The van der Waals surface area contributed by atoms with Gasteiger partial charge in [0.05, 0.1) is 10.9 Å². The van der Waals surface area contributed by atoms with Crippen molar-refractivity contribution in [2.75, 3.05) is 5.32 Å². The van der Waals surface area contributed by atoms with E-state index in [1.54, 1.807) is 18.5 Å². The van der Waals surface area contributed by atoms with Gasteiger partial charge in [-0.2, -0.15) is 13.2 Å². The first-order valence-electron chi connectivity index (χ1n) is 10.2. The van der Waals surface area contributed by atoms with E-state index in [1.165, 1.54) is 12.1 Å². The Bertz CT molecular complexity index is 1520. The number of carbonyl (C=O) groups excluding carboxylic acids is 1. The van der Waals surface area contributed by atoms with E-state index >= 15 is 0 Å². The van der Waals surface area contributed by atoms with Gasteiger partial charge in [-0.3, -0.25) is 4.79 Å². The number of nitrogens with one attached hydrogen (secondary N) is 3. The maximum absolute atomic E-state index is 13.0. The summed E-state index contributed by atoms with van der Waals surface area (Å²) in [6, 6.07) is 15.8. The van der Waals surface area contributed by atoms with Crippen LogP contribution in [0.1, 0.15) is 21.5 Å². The molecule has 0 aliphatic rings. The largest absolute Gasteiger partial charge is 0.416 e. The van der Waals surface area contributed by atoms with Crippen molar-refractivity contribution in [3.05, 3.63) is 89.9 Å². The number of amides is 1. The van der Waals surface area contributed by atoms with E-state index in [0.717, 1.165) is 50.8 Å². The van der Waals surface area contributed by atoms with Gasteiger partial charge in [0.15, 0.2) is 0 Å². The second-order valence-electron chi connectivity index (χ2n) is 7.78. The van der Waals surface area contributed by atoms with Gasteiger partial charge in [-0.05, 0) is 71.1 Å². The van der Waals surface area contributed by atoms with Gasteiger partial charge in [0, 0.05) is 22.2 Å². The van der Waals surface area contributed by atoms with Crippen molar-refractivity contribution in [3.63, 3.8) is 0 Å². The minimum atomic E-state index is -4.48. The Morgan fingerprint density at radius 3 is 2.70 bits per heavy atom. The summed E-state index contributed by atoms with van der Waals surface area (Å²) in [5.74, 6) is -0.484. The molecular weight excluding hydrogens is 429 g/mol. The van der Waals surface area contributed by atoms with Crippen LogP contribution >= 0.6 is 0 Å². The van der Waals surface area contributed by atoms with Crippen LogP contribution in [0.4, 0.5) is 18.9 Å². The Hall–Kier alpha value is -4.20. The van der Waals surface area contributed by atoms with Crippen molar-refractivity contribution in [2.45, 2.75) is 13.1 Å². The van der Waals surface area contributed by atoms with Crippen molar-refractivity contribution in [3.8, 4) is 11.1 Å². The number of aryl methyl sites for hydroxylation is 1. The smallest absolute Gasteiger partial charge is 0.322 e. The molecule has 0 aliphatic carbocycles. The number of carbonyl (C=O) groups is 1. The molecule has 2 heterocycles. The maximum Gasteiger partial charge on any atom is 0.416 e. The first-order valence-corrected chi connectivity index (χ1v) is 10.2. The quantitative estimate of drug-likeness (QED) is 0.368. The summed E-state index contributed by atoms with van der Waals surface area (Å²) in [5.41, 5.74) is 4.07. The zero-order chi connectivity index (χ0) is 23.2. The van der Waals surface area contributed by atoms with Crippen molar-refractivity contribution in [2.24, 2.45) is 0 Å². The summed E-state index contributed by atoms with van der Waals surface area (Å²) in [4.78, 5) is 23.4. The van der Waals surface area contributed by atoms with E-state index in [4.69, 9.17) is 0 Å². The number of fused-ring (bicyclic) bond motifs is 3. The Morgan fingerprint density at radius 2 is 1.88 bits per heavy atom. The van der Waals surface area contributed by atoms with Crippen molar-refractivity contribution >= 4 is 33.5 Å². The third kappa shape index (κ3) is 3.91. The molecule has 5 rings (SSSR count). The molecule has 3 N–H and O–H groups in total. The Balaban J connectivity index is 1.50. The first kappa shape index (κ1) is 20.7. The number of H-pyrrole nitrogens is 2. The lowest BCUT2D eigenvalue weighted by atomic mass is 9.96. The van der Waals surface area contributed by atoms with E-state index in [2.05, 4.69) is 20.3 Å². The van der Waals surface area contributed by atoms with Crippen LogP contribution < -0.4 is 10.3 Å². The highest BCUT2D eigenvalue weighted by Crippen LogP contribution is 2.32. The zero-order valence-electron chi connectivity index (χ0n) is 17.4. The summed E-state index contributed by atoms with van der Waals surface area (Å²) in [5, 5.41) is 4.50. The molecule has 0 fully saturated rings. The van der Waals surface area contributed by atoms with E-state index in [1.807, 2.05) is 37.4 Å². The summed E-state index contributed by atoms with van der Waals surface area (Å²) in [6.45, 7) is 1.94. The average molecular weight is 447 g/mol. The van der Waals surface area contributed by atoms with Gasteiger partial charge in [-0.1, -0.05) is 18.2 Å². The van der Waals surface area contributed by atoms with E-state index in [-0.39, 0.29) is 5.69 Å². The first-order chi connectivity index (χ1) is 15.8. The zero-order valence-corrected chi connectivity index (χ0v) is 17.4. The van der Waals surface area contributed by atoms with E-state index in [0.29, 0.717) is 5.56 Å². The fourth-order valence-electron chi connectivity index (χ4n) is 3.89. The number of halogens is 3. The van der Waals surface area contributed by atoms with Crippen LogP contribution in [-0.4, -0.2) is 15.9 Å². The van der Waals surface area contributed by atoms with Crippen molar-refractivity contribution in [1.82, 2.24) is 9.97 Å². The molecule has 33 heavy (non-hydrogen) atoms. The van der Waals surface area contributed by atoms with Gasteiger partial charge < -0.3 is 10.3 Å². The number of benzene rings is 3. The molecule has 0 aliphatic heterocycles. The van der Waals surface area contributed by atoms with Crippen LogP contribution in [0, 0.1) is 6.92 Å². The van der Waals surface area contributed by atoms with Gasteiger partial charge >= 0.3 is 6.18 Å². The summed E-state index contributed by atoms with van der Waals surface area (Å²) in [6.07, 6.45) is -1.00. The summed E-state index contributed by atoms with van der Waals surface area (Å²) >= 11 is 0. The van der Waals surface area contributed by atoms with Crippen LogP contribution in [0.15, 0.2) is 73.2 Å². The number of hydrogen-bond acceptors (Lipinski definition) is 2. The van der Waals surface area contributed by atoms with Crippen LogP contribution in [0.25, 0.3) is 33.1 Å². The van der Waals surface area contributed by atoms with E-state index < -0.39 is 17.6 Å². The Kier molecular flexibility index (Phi) is 4.85. The predicted molar refractivity (Wildman–Crippen MR) is 120 cm³/mol. The minimum Gasteiger partial charge on any atom is -0.322 e. The lowest BCUT2D eigenvalue weighted by Gasteiger charge is -2.12. The monoisotopic (exact) mass is 447 g/mol. The van der Waals surface area contributed by atoms with Gasteiger partial charge in [0.1, 0.15) is 6.20 Å². The third-order valence-corrected chi connectivity index (χ3v) is 5.57. The fourth-order valence-corrected chi connectivity index (χ4v) is 3.89.